The van der Waals surface area contributed by atoms with E-state index in [0.717, 1.165) is 25.9 Å². The van der Waals surface area contributed by atoms with Gasteiger partial charge in [0, 0.05) is 12.1 Å². The maximum atomic E-state index is 11.2. The van der Waals surface area contributed by atoms with Gasteiger partial charge in [0.25, 0.3) is 0 Å². The summed E-state index contributed by atoms with van der Waals surface area (Å²) >= 11 is 0. The van der Waals surface area contributed by atoms with E-state index in [0.29, 0.717) is 19.3 Å². The van der Waals surface area contributed by atoms with Gasteiger partial charge >= 0.3 is 5.97 Å². The second kappa shape index (κ2) is 6.68. The van der Waals surface area contributed by atoms with Crippen molar-refractivity contribution in [2.24, 2.45) is 5.92 Å². The summed E-state index contributed by atoms with van der Waals surface area (Å²) in [6.07, 6.45) is 3.48. The van der Waals surface area contributed by atoms with Crippen LogP contribution in [0.2, 0.25) is 0 Å². The SMILES string of the molecule is CCCN1CCC(N(C)C2COCC2C(=O)O)CC1. The molecule has 5 nitrogen and oxygen atoms in total. The molecule has 0 aliphatic carbocycles. The van der Waals surface area contributed by atoms with Gasteiger partial charge in [-0.25, -0.2) is 0 Å². The first-order valence-electron chi connectivity index (χ1n) is 7.38. The van der Waals surface area contributed by atoms with Crippen molar-refractivity contribution in [3.05, 3.63) is 0 Å². The molecule has 2 unspecified atom stereocenters. The summed E-state index contributed by atoms with van der Waals surface area (Å²) in [5, 5.41) is 9.23. The maximum Gasteiger partial charge on any atom is 0.310 e. The lowest BCUT2D eigenvalue weighted by atomic mass is 9.97. The van der Waals surface area contributed by atoms with E-state index >= 15 is 0 Å². The van der Waals surface area contributed by atoms with E-state index in [1.165, 1.54) is 13.0 Å². The minimum absolute atomic E-state index is 0.0419. The zero-order valence-corrected chi connectivity index (χ0v) is 12.0. The van der Waals surface area contributed by atoms with Crippen molar-refractivity contribution in [2.45, 2.75) is 38.3 Å². The molecule has 0 radical (unpaired) electrons. The Hall–Kier alpha value is -0.650. The highest BCUT2D eigenvalue weighted by Crippen LogP contribution is 2.25. The van der Waals surface area contributed by atoms with Crippen LogP contribution in [0.3, 0.4) is 0 Å². The molecule has 0 aromatic carbocycles. The van der Waals surface area contributed by atoms with Crippen molar-refractivity contribution in [3.63, 3.8) is 0 Å². The minimum Gasteiger partial charge on any atom is -0.481 e. The summed E-state index contributed by atoms with van der Waals surface area (Å²) in [4.78, 5) is 16.0. The number of nitrogens with zero attached hydrogens (tertiary/aromatic N) is 2. The number of carbonyl (C=O) groups is 1. The summed E-state index contributed by atoms with van der Waals surface area (Å²) < 4.78 is 5.37. The molecule has 1 N–H and O–H groups in total. The predicted octanol–water partition coefficient (Wildman–Crippen LogP) is 0.892. The van der Waals surface area contributed by atoms with Crippen LogP contribution in [0.1, 0.15) is 26.2 Å². The minimum atomic E-state index is -0.724. The Kier molecular flexibility index (Phi) is 5.19. The van der Waals surface area contributed by atoms with Crippen molar-refractivity contribution in [2.75, 3.05) is 39.9 Å². The fraction of sp³-hybridized carbons (Fsp3) is 0.929. The van der Waals surface area contributed by atoms with E-state index in [9.17, 15) is 9.90 Å². The molecule has 0 aromatic heterocycles. The molecule has 0 spiro atoms. The first kappa shape index (κ1) is 14.8. The number of piperidine rings is 1. The lowest BCUT2D eigenvalue weighted by Crippen LogP contribution is -2.50. The standard InChI is InChI=1S/C14H26N2O3/c1-3-6-16-7-4-11(5-8-16)15(2)13-10-19-9-12(13)14(17)18/h11-13H,3-10H2,1-2H3,(H,17,18). The van der Waals surface area contributed by atoms with Crippen LogP contribution < -0.4 is 0 Å². The topological polar surface area (TPSA) is 53.0 Å². The normalized spacial score (nSPS) is 30.1. The van der Waals surface area contributed by atoms with Crippen molar-refractivity contribution >= 4 is 5.97 Å². The number of ether oxygens (including phenoxy) is 1. The molecule has 2 aliphatic rings. The average molecular weight is 270 g/mol. The third-order valence-electron chi connectivity index (χ3n) is 4.56. The predicted molar refractivity (Wildman–Crippen MR) is 73.2 cm³/mol. The number of hydrogen-bond acceptors (Lipinski definition) is 4. The van der Waals surface area contributed by atoms with E-state index in [-0.39, 0.29) is 12.0 Å². The Morgan fingerprint density at radius 3 is 2.63 bits per heavy atom. The van der Waals surface area contributed by atoms with Crippen molar-refractivity contribution < 1.29 is 14.6 Å². The van der Waals surface area contributed by atoms with Crippen LogP contribution in [-0.2, 0) is 9.53 Å². The van der Waals surface area contributed by atoms with Crippen LogP contribution in [0.5, 0.6) is 0 Å². The summed E-state index contributed by atoms with van der Waals surface area (Å²) in [5.74, 6) is -1.09. The maximum absolute atomic E-state index is 11.2. The summed E-state index contributed by atoms with van der Waals surface area (Å²) in [6.45, 7) is 6.58. The zero-order valence-electron chi connectivity index (χ0n) is 12.0. The Morgan fingerprint density at radius 2 is 2.05 bits per heavy atom. The van der Waals surface area contributed by atoms with E-state index in [4.69, 9.17) is 4.74 Å². The average Bonchev–Trinajstić information content (AvgIpc) is 2.88. The van der Waals surface area contributed by atoms with Gasteiger partial charge in [-0.1, -0.05) is 6.92 Å². The van der Waals surface area contributed by atoms with Gasteiger partial charge in [0.15, 0.2) is 0 Å². The number of likely N-dealkylation sites (N-methyl/N-ethyl adjacent to an activating group) is 1. The number of aliphatic carboxylic acids is 1. The second-order valence-electron chi connectivity index (χ2n) is 5.79. The molecule has 5 heteroatoms. The largest absolute Gasteiger partial charge is 0.481 e. The van der Waals surface area contributed by atoms with Gasteiger partial charge in [0.05, 0.1) is 19.1 Å². The molecule has 2 fully saturated rings. The molecule has 0 bridgehead atoms. The first-order valence-corrected chi connectivity index (χ1v) is 7.38. The molecule has 0 aromatic rings. The first-order chi connectivity index (χ1) is 9.13. The molecular weight excluding hydrogens is 244 g/mol. The van der Waals surface area contributed by atoms with E-state index in [1.807, 2.05) is 0 Å². The number of likely N-dealkylation sites (tertiary alicyclic amines) is 1. The van der Waals surface area contributed by atoms with Gasteiger partial charge in [-0.3, -0.25) is 9.69 Å². The lowest BCUT2D eigenvalue weighted by Gasteiger charge is -2.39. The molecule has 2 aliphatic heterocycles. The molecule has 0 saturated carbocycles. The summed E-state index contributed by atoms with van der Waals surface area (Å²) in [7, 11) is 2.06. The van der Waals surface area contributed by atoms with Crippen LogP contribution in [0.4, 0.5) is 0 Å². The Morgan fingerprint density at radius 1 is 1.37 bits per heavy atom. The Balaban J connectivity index is 1.86. The molecule has 2 rings (SSSR count). The van der Waals surface area contributed by atoms with Crippen LogP contribution in [0, 0.1) is 5.92 Å². The number of rotatable bonds is 5. The number of carboxylic acid groups (broad SMARTS) is 1. The van der Waals surface area contributed by atoms with Crippen molar-refractivity contribution in [3.8, 4) is 0 Å². The molecule has 0 amide bonds. The monoisotopic (exact) mass is 270 g/mol. The fourth-order valence-electron chi connectivity index (χ4n) is 3.32. The number of hydrogen-bond donors (Lipinski definition) is 1. The molecule has 2 saturated heterocycles. The quantitative estimate of drug-likeness (QED) is 0.804. The fourth-order valence-corrected chi connectivity index (χ4v) is 3.32. The van der Waals surface area contributed by atoms with Crippen molar-refractivity contribution in [1.29, 1.82) is 0 Å². The Labute approximate surface area is 115 Å². The van der Waals surface area contributed by atoms with Crippen LogP contribution in [0.15, 0.2) is 0 Å². The van der Waals surface area contributed by atoms with Crippen LogP contribution in [0.25, 0.3) is 0 Å². The highest BCUT2D eigenvalue weighted by atomic mass is 16.5. The highest BCUT2D eigenvalue weighted by Gasteiger charge is 2.39. The van der Waals surface area contributed by atoms with Gasteiger partial charge in [-0.15, -0.1) is 0 Å². The lowest BCUT2D eigenvalue weighted by molar-refractivity contribution is -0.143. The molecule has 19 heavy (non-hydrogen) atoms. The molecule has 2 atom stereocenters. The van der Waals surface area contributed by atoms with Gasteiger partial charge in [-0.2, -0.15) is 0 Å². The van der Waals surface area contributed by atoms with Gasteiger partial charge in [0.2, 0.25) is 0 Å². The van der Waals surface area contributed by atoms with Crippen molar-refractivity contribution in [1.82, 2.24) is 9.80 Å². The number of carboxylic acids is 1. The van der Waals surface area contributed by atoms with Gasteiger partial charge < -0.3 is 14.7 Å². The molecule has 110 valence electrons. The summed E-state index contributed by atoms with van der Waals surface area (Å²) in [5.41, 5.74) is 0. The van der Waals surface area contributed by atoms with Crippen LogP contribution >= 0.6 is 0 Å². The highest BCUT2D eigenvalue weighted by molar-refractivity contribution is 5.71. The summed E-state index contributed by atoms with van der Waals surface area (Å²) in [6, 6.07) is 0.543. The molecular formula is C14H26N2O3. The van der Waals surface area contributed by atoms with E-state index in [1.54, 1.807) is 0 Å². The van der Waals surface area contributed by atoms with E-state index in [2.05, 4.69) is 23.8 Å². The van der Waals surface area contributed by atoms with E-state index < -0.39 is 5.97 Å². The van der Waals surface area contributed by atoms with Crippen LogP contribution in [-0.4, -0.2) is 72.9 Å². The zero-order chi connectivity index (χ0) is 13.8. The van der Waals surface area contributed by atoms with Gasteiger partial charge in [0.1, 0.15) is 0 Å². The second-order valence-corrected chi connectivity index (χ2v) is 5.79. The van der Waals surface area contributed by atoms with Gasteiger partial charge in [-0.05, 0) is 45.9 Å². The smallest absolute Gasteiger partial charge is 0.310 e. The Bertz CT molecular complexity index is 303. The third-order valence-corrected chi connectivity index (χ3v) is 4.56. The molecule has 2 heterocycles. The third kappa shape index (κ3) is 3.46.